The van der Waals surface area contributed by atoms with Gasteiger partial charge in [0.15, 0.2) is 0 Å². The van der Waals surface area contributed by atoms with E-state index in [0.29, 0.717) is 18.0 Å². The number of carbonyl (C=O) groups is 1. The molecule has 1 aliphatic heterocycles. The van der Waals surface area contributed by atoms with Crippen molar-refractivity contribution in [2.45, 2.75) is 23.8 Å². The van der Waals surface area contributed by atoms with Crippen LogP contribution in [0.3, 0.4) is 0 Å². The van der Waals surface area contributed by atoms with Crippen LogP contribution in [0.5, 0.6) is 5.75 Å². The van der Waals surface area contributed by atoms with Gasteiger partial charge in [-0.1, -0.05) is 17.7 Å². The van der Waals surface area contributed by atoms with Gasteiger partial charge in [0.2, 0.25) is 0 Å². The highest BCUT2D eigenvalue weighted by atomic mass is 35.5. The Morgan fingerprint density at radius 3 is 2.65 bits per heavy atom. The van der Waals surface area contributed by atoms with Crippen molar-refractivity contribution in [3.63, 3.8) is 0 Å². The number of esters is 1. The zero-order valence-electron chi connectivity index (χ0n) is 17.1. The first-order chi connectivity index (χ1) is 14.9. The second-order valence-electron chi connectivity index (χ2n) is 6.90. The van der Waals surface area contributed by atoms with Crippen LogP contribution in [-0.2, 0) is 19.5 Å². The molecule has 0 amide bonds. The second kappa shape index (κ2) is 10.2. The highest BCUT2D eigenvalue weighted by Crippen LogP contribution is 2.28. The summed E-state index contributed by atoms with van der Waals surface area (Å²) in [5, 5.41) is 0.107. The van der Waals surface area contributed by atoms with Crippen LogP contribution in [0, 0.1) is 0 Å². The molecule has 31 heavy (non-hydrogen) atoms. The summed E-state index contributed by atoms with van der Waals surface area (Å²) in [5.74, 6) is -0.0975. The first kappa shape index (κ1) is 23.1. The number of methoxy groups -OCH3 is 1. The number of sulfonamides is 1. The Balaban J connectivity index is 1.88. The summed E-state index contributed by atoms with van der Waals surface area (Å²) in [6, 6.07) is 10.5. The molecule has 0 aliphatic carbocycles. The van der Waals surface area contributed by atoms with Crippen LogP contribution >= 0.6 is 11.6 Å². The van der Waals surface area contributed by atoms with E-state index < -0.39 is 16.0 Å². The third-order valence-corrected chi connectivity index (χ3v) is 6.94. The standard InChI is InChI=1S/C22H24ClNO6S/c1-3-12-24(16-6-8-17(28-2)9-7-16)31(26,27)19-10-11-21(23)20(14-19)22(25)30-15-18-5-4-13-29-18/h3,6-11,14,18H,1,4-5,12-13,15H2,2H3/t18-/m0/s1. The van der Waals surface area contributed by atoms with E-state index in [1.54, 1.807) is 24.3 Å². The average Bonchev–Trinajstić information content (AvgIpc) is 3.29. The average molecular weight is 466 g/mol. The minimum atomic E-state index is -4.01. The highest BCUT2D eigenvalue weighted by Gasteiger charge is 2.27. The smallest absolute Gasteiger partial charge is 0.339 e. The number of anilines is 1. The van der Waals surface area contributed by atoms with Gasteiger partial charge in [-0.25, -0.2) is 13.2 Å². The maximum atomic E-state index is 13.4. The van der Waals surface area contributed by atoms with E-state index in [1.807, 2.05) is 0 Å². The maximum Gasteiger partial charge on any atom is 0.339 e. The lowest BCUT2D eigenvalue weighted by atomic mass is 10.2. The molecule has 0 spiro atoms. The molecule has 7 nitrogen and oxygen atoms in total. The minimum absolute atomic E-state index is 0.0194. The van der Waals surface area contributed by atoms with Gasteiger partial charge in [0, 0.05) is 6.61 Å². The van der Waals surface area contributed by atoms with Crippen LogP contribution in [0.25, 0.3) is 0 Å². The van der Waals surface area contributed by atoms with Crippen molar-refractivity contribution in [2.75, 3.05) is 31.2 Å². The molecule has 166 valence electrons. The molecule has 0 N–H and O–H groups in total. The summed E-state index contributed by atoms with van der Waals surface area (Å²) in [7, 11) is -2.48. The normalized spacial score (nSPS) is 16.0. The van der Waals surface area contributed by atoms with E-state index in [0.717, 1.165) is 12.8 Å². The summed E-state index contributed by atoms with van der Waals surface area (Å²) in [6.07, 6.45) is 3.07. The lowest BCUT2D eigenvalue weighted by Crippen LogP contribution is -2.31. The van der Waals surface area contributed by atoms with E-state index in [1.165, 1.54) is 35.7 Å². The molecule has 0 bridgehead atoms. The summed E-state index contributed by atoms with van der Waals surface area (Å²) in [6.45, 7) is 4.43. The molecule has 0 saturated carbocycles. The fourth-order valence-corrected chi connectivity index (χ4v) is 4.84. The number of rotatable bonds is 9. The van der Waals surface area contributed by atoms with Gasteiger partial charge < -0.3 is 14.2 Å². The van der Waals surface area contributed by atoms with Crippen molar-refractivity contribution < 1.29 is 27.4 Å². The quantitative estimate of drug-likeness (QED) is 0.410. The zero-order chi connectivity index (χ0) is 22.4. The molecule has 9 heteroatoms. The zero-order valence-corrected chi connectivity index (χ0v) is 18.7. The number of ether oxygens (including phenoxy) is 3. The lowest BCUT2D eigenvalue weighted by molar-refractivity contribution is 0.0161. The van der Waals surface area contributed by atoms with Crippen LogP contribution < -0.4 is 9.04 Å². The van der Waals surface area contributed by atoms with Gasteiger partial charge in [0.05, 0.1) is 40.9 Å². The van der Waals surface area contributed by atoms with Gasteiger partial charge in [-0.05, 0) is 55.3 Å². The Kier molecular flexibility index (Phi) is 7.59. The Bertz CT molecular complexity index is 1030. The fourth-order valence-electron chi connectivity index (χ4n) is 3.18. The van der Waals surface area contributed by atoms with Crippen molar-refractivity contribution in [2.24, 2.45) is 0 Å². The van der Waals surface area contributed by atoms with Crippen molar-refractivity contribution >= 4 is 33.3 Å². The Hall–Kier alpha value is -2.55. The van der Waals surface area contributed by atoms with Crippen molar-refractivity contribution in [3.8, 4) is 5.75 Å². The van der Waals surface area contributed by atoms with E-state index in [9.17, 15) is 13.2 Å². The highest BCUT2D eigenvalue weighted by molar-refractivity contribution is 7.92. The topological polar surface area (TPSA) is 82.1 Å². The third-order valence-electron chi connectivity index (χ3n) is 4.83. The van der Waals surface area contributed by atoms with Crippen LogP contribution in [-0.4, -0.2) is 47.4 Å². The maximum absolute atomic E-state index is 13.4. The molecule has 2 aromatic carbocycles. The van der Waals surface area contributed by atoms with Gasteiger partial charge in [-0.15, -0.1) is 6.58 Å². The van der Waals surface area contributed by atoms with E-state index >= 15 is 0 Å². The first-order valence-electron chi connectivity index (χ1n) is 9.72. The molecule has 1 atom stereocenters. The van der Waals surface area contributed by atoms with Gasteiger partial charge in [0.25, 0.3) is 10.0 Å². The van der Waals surface area contributed by atoms with Crippen LogP contribution in [0.1, 0.15) is 23.2 Å². The number of benzene rings is 2. The lowest BCUT2D eigenvalue weighted by Gasteiger charge is -2.23. The number of hydrogen-bond acceptors (Lipinski definition) is 6. The van der Waals surface area contributed by atoms with E-state index in [4.69, 9.17) is 25.8 Å². The van der Waals surface area contributed by atoms with Gasteiger partial charge in [-0.3, -0.25) is 4.31 Å². The molecule has 0 aromatic heterocycles. The van der Waals surface area contributed by atoms with Gasteiger partial charge in [0.1, 0.15) is 12.4 Å². The van der Waals surface area contributed by atoms with Crippen molar-refractivity contribution in [1.29, 1.82) is 0 Å². The number of hydrogen-bond donors (Lipinski definition) is 0. The van der Waals surface area contributed by atoms with Crippen LogP contribution in [0.15, 0.2) is 60.0 Å². The number of carbonyl (C=O) groups excluding carboxylic acids is 1. The third kappa shape index (κ3) is 5.39. The summed E-state index contributed by atoms with van der Waals surface area (Å²) >= 11 is 6.16. The SMILES string of the molecule is C=CCN(c1ccc(OC)cc1)S(=O)(=O)c1ccc(Cl)c(C(=O)OC[C@@H]2CCCO2)c1. The van der Waals surface area contributed by atoms with E-state index in [2.05, 4.69) is 6.58 Å². The van der Waals surface area contributed by atoms with Crippen LogP contribution in [0.4, 0.5) is 5.69 Å². The molecule has 2 aromatic rings. The van der Waals surface area contributed by atoms with Gasteiger partial charge >= 0.3 is 5.97 Å². The second-order valence-corrected chi connectivity index (χ2v) is 9.17. The molecule has 1 aliphatic rings. The van der Waals surface area contributed by atoms with Crippen molar-refractivity contribution in [1.82, 2.24) is 0 Å². The van der Waals surface area contributed by atoms with Crippen LogP contribution in [0.2, 0.25) is 5.02 Å². The Labute approximate surface area is 187 Å². The predicted molar refractivity (Wildman–Crippen MR) is 118 cm³/mol. The van der Waals surface area contributed by atoms with Crippen molar-refractivity contribution in [3.05, 3.63) is 65.7 Å². The molecule has 3 rings (SSSR count). The van der Waals surface area contributed by atoms with E-state index in [-0.39, 0.29) is 34.7 Å². The summed E-state index contributed by atoms with van der Waals surface area (Å²) < 4.78 is 43.8. The largest absolute Gasteiger partial charge is 0.497 e. The molecule has 0 unspecified atom stereocenters. The Morgan fingerprint density at radius 2 is 2.03 bits per heavy atom. The molecule has 1 fully saturated rings. The Morgan fingerprint density at radius 1 is 1.29 bits per heavy atom. The summed E-state index contributed by atoms with van der Waals surface area (Å²) in [4.78, 5) is 12.5. The molecular weight excluding hydrogens is 442 g/mol. The molecule has 0 radical (unpaired) electrons. The summed E-state index contributed by atoms with van der Waals surface area (Å²) in [5.41, 5.74) is 0.409. The molecule has 1 heterocycles. The fraction of sp³-hybridized carbons (Fsp3) is 0.318. The number of halogens is 1. The molecular formula is C22H24ClNO6S. The monoisotopic (exact) mass is 465 g/mol. The van der Waals surface area contributed by atoms with Gasteiger partial charge in [-0.2, -0.15) is 0 Å². The predicted octanol–water partition coefficient (Wildman–Crippen LogP) is 4.07. The first-order valence-corrected chi connectivity index (χ1v) is 11.5. The minimum Gasteiger partial charge on any atom is -0.497 e. The number of nitrogens with zero attached hydrogens (tertiary/aromatic N) is 1. The molecule has 1 saturated heterocycles.